The molecule has 0 saturated carbocycles. The van der Waals surface area contributed by atoms with Crippen molar-refractivity contribution in [3.8, 4) is 0 Å². The van der Waals surface area contributed by atoms with Gasteiger partial charge in [0.15, 0.2) is 0 Å². The van der Waals surface area contributed by atoms with Crippen LogP contribution in [0, 0.1) is 0 Å². The molecule has 1 saturated heterocycles. The van der Waals surface area contributed by atoms with Gasteiger partial charge in [-0.25, -0.2) is 4.98 Å². The number of rotatable bonds is 2. The number of aromatic nitrogens is 2. The van der Waals surface area contributed by atoms with Gasteiger partial charge in [-0.3, -0.25) is 9.69 Å². The summed E-state index contributed by atoms with van der Waals surface area (Å²) in [6, 6.07) is 0.162. The first kappa shape index (κ1) is 13.7. The third-order valence-corrected chi connectivity index (χ3v) is 4.27. The lowest BCUT2D eigenvalue weighted by Crippen LogP contribution is -2.45. The van der Waals surface area contributed by atoms with Gasteiger partial charge >= 0.3 is 0 Å². The first-order chi connectivity index (χ1) is 8.52. The number of nitrogens with one attached hydrogen (secondary N) is 1. The highest BCUT2D eigenvalue weighted by Gasteiger charge is 2.26. The third-order valence-electron chi connectivity index (χ3n) is 3.45. The number of halogens is 1. The van der Waals surface area contributed by atoms with Crippen molar-refractivity contribution in [3.05, 3.63) is 26.3 Å². The summed E-state index contributed by atoms with van der Waals surface area (Å²) in [5.74, 6) is 0.772. The first-order valence-corrected chi connectivity index (χ1v) is 6.99. The Bertz CT molecular complexity index is 487. The van der Waals surface area contributed by atoms with E-state index < -0.39 is 0 Å². The molecular weight excluding hydrogens is 296 g/mol. The molecule has 0 aliphatic carbocycles. The molecule has 0 aromatic carbocycles. The molecule has 0 spiro atoms. The fraction of sp³-hybridized carbons (Fsp3) is 0.667. The minimum Gasteiger partial charge on any atom is -0.308 e. The van der Waals surface area contributed by atoms with Crippen LogP contribution in [0.15, 0.2) is 9.27 Å². The van der Waals surface area contributed by atoms with Crippen molar-refractivity contribution in [2.75, 3.05) is 33.7 Å². The number of H-pyrrole nitrogens is 1. The zero-order valence-corrected chi connectivity index (χ0v) is 12.6. The Morgan fingerprint density at radius 2 is 2.17 bits per heavy atom. The minimum absolute atomic E-state index is 0.0847. The van der Waals surface area contributed by atoms with Crippen molar-refractivity contribution in [2.45, 2.75) is 19.4 Å². The van der Waals surface area contributed by atoms with Gasteiger partial charge in [0.05, 0.1) is 11.7 Å². The van der Waals surface area contributed by atoms with Crippen LogP contribution in [0.3, 0.4) is 0 Å². The van der Waals surface area contributed by atoms with E-state index in [2.05, 4.69) is 49.8 Å². The summed E-state index contributed by atoms with van der Waals surface area (Å²) in [5.41, 5.74) is 0.744. The Morgan fingerprint density at radius 1 is 1.44 bits per heavy atom. The van der Waals surface area contributed by atoms with Crippen molar-refractivity contribution in [3.63, 3.8) is 0 Å². The molecule has 1 fully saturated rings. The highest BCUT2D eigenvalue weighted by atomic mass is 79.9. The molecule has 0 bridgehead atoms. The van der Waals surface area contributed by atoms with Gasteiger partial charge in [-0.15, -0.1) is 0 Å². The minimum atomic E-state index is -0.0847. The van der Waals surface area contributed by atoms with Crippen molar-refractivity contribution in [2.24, 2.45) is 0 Å². The van der Waals surface area contributed by atoms with Gasteiger partial charge in [-0.05, 0) is 36.4 Å². The van der Waals surface area contributed by atoms with Crippen LogP contribution >= 0.6 is 15.9 Å². The molecule has 2 rings (SSSR count). The molecule has 1 aliphatic heterocycles. The number of hydrogen-bond donors (Lipinski definition) is 1. The van der Waals surface area contributed by atoms with Crippen molar-refractivity contribution < 1.29 is 0 Å². The molecular formula is C12H19BrN4O. The summed E-state index contributed by atoms with van der Waals surface area (Å²) in [6.07, 6.45) is 0.754. The Balaban J connectivity index is 2.38. The molecule has 1 aromatic rings. The smallest absolute Gasteiger partial charge is 0.265 e. The van der Waals surface area contributed by atoms with E-state index >= 15 is 0 Å². The summed E-state index contributed by atoms with van der Waals surface area (Å²) >= 11 is 3.30. The summed E-state index contributed by atoms with van der Waals surface area (Å²) in [7, 11) is 4.17. The van der Waals surface area contributed by atoms with Crippen molar-refractivity contribution >= 4 is 15.9 Å². The molecule has 1 aromatic heterocycles. The van der Waals surface area contributed by atoms with Crippen LogP contribution in [0.25, 0.3) is 0 Å². The summed E-state index contributed by atoms with van der Waals surface area (Å²) in [4.78, 5) is 23.9. The van der Waals surface area contributed by atoms with E-state index in [-0.39, 0.29) is 11.6 Å². The summed E-state index contributed by atoms with van der Waals surface area (Å²) in [5, 5.41) is 0. The van der Waals surface area contributed by atoms with Gasteiger partial charge in [-0.2, -0.15) is 0 Å². The third kappa shape index (κ3) is 2.65. The van der Waals surface area contributed by atoms with Crippen LogP contribution in [0.4, 0.5) is 0 Å². The van der Waals surface area contributed by atoms with E-state index in [1.165, 1.54) is 0 Å². The second-order valence-electron chi connectivity index (χ2n) is 4.82. The molecule has 5 nitrogen and oxygen atoms in total. The second-order valence-corrected chi connectivity index (χ2v) is 5.62. The Labute approximate surface area is 115 Å². The Kier molecular flexibility index (Phi) is 4.19. The molecule has 0 radical (unpaired) electrons. The maximum atomic E-state index is 11.9. The molecule has 1 atom stereocenters. The number of nitrogens with zero attached hydrogens (tertiary/aromatic N) is 3. The van der Waals surface area contributed by atoms with E-state index in [0.29, 0.717) is 4.47 Å². The van der Waals surface area contributed by atoms with Crippen LogP contribution in [-0.4, -0.2) is 53.5 Å². The lowest BCUT2D eigenvalue weighted by atomic mass is 10.1. The van der Waals surface area contributed by atoms with Crippen LogP contribution < -0.4 is 5.56 Å². The van der Waals surface area contributed by atoms with Crippen LogP contribution in [0.2, 0.25) is 0 Å². The second kappa shape index (κ2) is 5.50. The van der Waals surface area contributed by atoms with Gasteiger partial charge in [0, 0.05) is 19.6 Å². The number of aryl methyl sites for hydroxylation is 1. The Morgan fingerprint density at radius 3 is 2.83 bits per heavy atom. The zero-order chi connectivity index (χ0) is 13.3. The van der Waals surface area contributed by atoms with Crippen LogP contribution in [0.5, 0.6) is 0 Å². The number of aromatic amines is 1. The molecule has 2 heterocycles. The van der Waals surface area contributed by atoms with Gasteiger partial charge < -0.3 is 9.88 Å². The molecule has 100 valence electrons. The summed E-state index contributed by atoms with van der Waals surface area (Å²) < 4.78 is 0.556. The largest absolute Gasteiger partial charge is 0.308 e. The normalized spacial score (nSPS) is 22.3. The molecule has 1 aliphatic rings. The van der Waals surface area contributed by atoms with E-state index in [9.17, 15) is 4.79 Å². The fourth-order valence-electron chi connectivity index (χ4n) is 2.22. The zero-order valence-electron chi connectivity index (χ0n) is 11.0. The van der Waals surface area contributed by atoms with E-state index in [0.717, 1.165) is 37.6 Å². The van der Waals surface area contributed by atoms with E-state index in [1.54, 1.807) is 0 Å². The predicted octanol–water partition coefficient (Wildman–Crippen LogP) is 1.01. The first-order valence-electron chi connectivity index (χ1n) is 6.20. The highest BCUT2D eigenvalue weighted by Crippen LogP contribution is 2.21. The lowest BCUT2D eigenvalue weighted by molar-refractivity contribution is 0.109. The van der Waals surface area contributed by atoms with E-state index in [1.807, 2.05) is 6.92 Å². The maximum Gasteiger partial charge on any atom is 0.265 e. The van der Waals surface area contributed by atoms with Crippen LogP contribution in [0.1, 0.15) is 24.5 Å². The van der Waals surface area contributed by atoms with Gasteiger partial charge in [-0.1, -0.05) is 6.92 Å². The van der Waals surface area contributed by atoms with Crippen molar-refractivity contribution in [1.82, 2.24) is 19.8 Å². The standard InChI is InChI=1S/C12H19BrN4O/c1-4-8-10(13)12(18)15-11(14-8)9-7-16(2)5-6-17(9)3/h9H,4-7H2,1-3H3,(H,14,15,18). The predicted molar refractivity (Wildman–Crippen MR) is 74.8 cm³/mol. The molecule has 0 amide bonds. The lowest BCUT2D eigenvalue weighted by Gasteiger charge is -2.37. The Hall–Kier alpha value is -0.720. The summed E-state index contributed by atoms with van der Waals surface area (Å²) in [6.45, 7) is 4.94. The average molecular weight is 315 g/mol. The van der Waals surface area contributed by atoms with Crippen LogP contribution in [-0.2, 0) is 6.42 Å². The number of hydrogen-bond acceptors (Lipinski definition) is 4. The molecule has 1 unspecified atom stereocenters. The van der Waals surface area contributed by atoms with Crippen molar-refractivity contribution in [1.29, 1.82) is 0 Å². The maximum absolute atomic E-state index is 11.9. The highest BCUT2D eigenvalue weighted by molar-refractivity contribution is 9.10. The average Bonchev–Trinajstić information content (AvgIpc) is 2.35. The quantitative estimate of drug-likeness (QED) is 0.885. The monoisotopic (exact) mass is 314 g/mol. The molecule has 18 heavy (non-hydrogen) atoms. The fourth-order valence-corrected chi connectivity index (χ4v) is 2.69. The van der Waals surface area contributed by atoms with E-state index in [4.69, 9.17) is 0 Å². The number of piperazine rings is 1. The number of likely N-dealkylation sites (N-methyl/N-ethyl adjacent to an activating group) is 2. The molecule has 6 heteroatoms. The van der Waals surface area contributed by atoms with Gasteiger partial charge in [0.2, 0.25) is 0 Å². The topological polar surface area (TPSA) is 52.2 Å². The molecule has 1 N–H and O–H groups in total. The van der Waals surface area contributed by atoms with Gasteiger partial charge in [0.1, 0.15) is 10.3 Å². The SMILES string of the molecule is CCc1nc(C2CN(C)CCN2C)[nH]c(=O)c1Br. The van der Waals surface area contributed by atoms with Gasteiger partial charge in [0.25, 0.3) is 5.56 Å².